The van der Waals surface area contributed by atoms with E-state index in [1.807, 2.05) is 30.3 Å². The highest BCUT2D eigenvalue weighted by Crippen LogP contribution is 2.06. The highest BCUT2D eigenvalue weighted by atomic mass is 16.5. The van der Waals surface area contributed by atoms with Gasteiger partial charge in [0, 0.05) is 31.2 Å². The van der Waals surface area contributed by atoms with Crippen LogP contribution in [-0.2, 0) is 20.7 Å². The molecule has 3 amide bonds. The van der Waals surface area contributed by atoms with Gasteiger partial charge in [0.25, 0.3) is 5.91 Å². The molecule has 1 atom stereocenters. The van der Waals surface area contributed by atoms with Gasteiger partial charge >= 0.3 is 0 Å². The third-order valence-electron chi connectivity index (χ3n) is 4.79. The molecule has 0 heterocycles. The third kappa shape index (κ3) is 9.56. The van der Waals surface area contributed by atoms with E-state index in [-0.39, 0.29) is 18.7 Å². The van der Waals surface area contributed by atoms with Crippen molar-refractivity contribution >= 4 is 17.7 Å². The average molecular weight is 452 g/mol. The van der Waals surface area contributed by atoms with Crippen molar-refractivity contribution in [3.63, 3.8) is 0 Å². The van der Waals surface area contributed by atoms with Gasteiger partial charge in [-0.05, 0) is 49.1 Å². The molecule has 0 saturated heterocycles. The number of hydrogen-bond donors (Lipinski definition) is 4. The molecule has 174 valence electrons. The van der Waals surface area contributed by atoms with Crippen LogP contribution in [0.25, 0.3) is 0 Å². The maximum atomic E-state index is 12.7. The molecule has 0 saturated carbocycles. The molecular weight excluding hydrogens is 422 g/mol. The van der Waals surface area contributed by atoms with Crippen LogP contribution in [0.3, 0.4) is 0 Å². The molecule has 8 heteroatoms. The first-order valence-electron chi connectivity index (χ1n) is 10.7. The minimum absolute atomic E-state index is 0.0449. The van der Waals surface area contributed by atoms with Crippen molar-refractivity contribution in [2.24, 2.45) is 0 Å². The summed E-state index contributed by atoms with van der Waals surface area (Å²) >= 11 is 0. The van der Waals surface area contributed by atoms with Gasteiger partial charge in [0.2, 0.25) is 11.8 Å². The zero-order chi connectivity index (χ0) is 23.9. The summed E-state index contributed by atoms with van der Waals surface area (Å²) in [5.41, 5.74) is 3.80. The molecule has 0 aliphatic heterocycles. The molecule has 0 aliphatic carbocycles. The predicted molar refractivity (Wildman–Crippen MR) is 123 cm³/mol. The fraction of sp³-hybridized carbons (Fsp3) is 0.320. The lowest BCUT2D eigenvalue weighted by Gasteiger charge is -2.18. The largest absolute Gasteiger partial charge is 0.372 e. The zero-order valence-electron chi connectivity index (χ0n) is 18.6. The number of ether oxygens (including phenoxy) is 1. The number of benzene rings is 2. The number of hydroxylamine groups is 1. The van der Waals surface area contributed by atoms with E-state index in [0.717, 1.165) is 18.4 Å². The first-order chi connectivity index (χ1) is 16.0. The maximum absolute atomic E-state index is 12.7. The van der Waals surface area contributed by atoms with Gasteiger partial charge in [0.1, 0.15) is 12.6 Å². The molecule has 8 nitrogen and oxygen atoms in total. The van der Waals surface area contributed by atoms with Gasteiger partial charge in [-0.1, -0.05) is 42.2 Å². The van der Waals surface area contributed by atoms with E-state index < -0.39 is 17.9 Å². The Morgan fingerprint density at radius 2 is 1.79 bits per heavy atom. The topological polar surface area (TPSA) is 117 Å². The lowest BCUT2D eigenvalue weighted by atomic mass is 10.1. The standard InChI is InChI=1S/C25H29N3O5/c1-33-18-6-10-20-11-13-21(14-12-20)24(30)27-22(15-16-23(29)28-32)25(31)26-17-5-9-19-7-3-2-4-8-19/h2-4,7-8,11-14,22,32H,5,9,15-18H2,1H3,(H,26,31)(H,27,30)(H,28,29)/t22-/m1/s1. The summed E-state index contributed by atoms with van der Waals surface area (Å²) in [5.74, 6) is 4.28. The van der Waals surface area contributed by atoms with Gasteiger partial charge in [0.05, 0.1) is 0 Å². The highest BCUT2D eigenvalue weighted by molar-refractivity contribution is 5.97. The van der Waals surface area contributed by atoms with Crippen molar-refractivity contribution in [3.8, 4) is 11.8 Å². The molecule has 0 radical (unpaired) electrons. The van der Waals surface area contributed by atoms with Crippen LogP contribution in [0.1, 0.15) is 40.7 Å². The second-order valence-corrected chi connectivity index (χ2v) is 7.29. The van der Waals surface area contributed by atoms with Crippen molar-refractivity contribution in [2.45, 2.75) is 31.7 Å². The van der Waals surface area contributed by atoms with Crippen LogP contribution < -0.4 is 16.1 Å². The molecule has 0 bridgehead atoms. The van der Waals surface area contributed by atoms with Crippen LogP contribution in [0.2, 0.25) is 0 Å². The van der Waals surface area contributed by atoms with E-state index >= 15 is 0 Å². The molecule has 0 unspecified atom stereocenters. The lowest BCUT2D eigenvalue weighted by Crippen LogP contribution is -2.47. The minimum Gasteiger partial charge on any atom is -0.372 e. The second-order valence-electron chi connectivity index (χ2n) is 7.29. The van der Waals surface area contributed by atoms with Crippen LogP contribution >= 0.6 is 0 Å². The molecule has 33 heavy (non-hydrogen) atoms. The Kier molecular flexibility index (Phi) is 11.2. The predicted octanol–water partition coefficient (Wildman–Crippen LogP) is 1.82. The normalized spacial score (nSPS) is 11.0. The Bertz CT molecular complexity index is 965. The Morgan fingerprint density at radius 3 is 2.45 bits per heavy atom. The van der Waals surface area contributed by atoms with Gasteiger partial charge in [-0.15, -0.1) is 0 Å². The molecule has 0 aliphatic rings. The summed E-state index contributed by atoms with van der Waals surface area (Å²) in [4.78, 5) is 36.8. The van der Waals surface area contributed by atoms with Crippen molar-refractivity contribution in [2.75, 3.05) is 20.3 Å². The first kappa shape index (κ1) is 25.6. The Hall–Kier alpha value is -3.67. The van der Waals surface area contributed by atoms with E-state index in [1.54, 1.807) is 31.4 Å². The van der Waals surface area contributed by atoms with Crippen LogP contribution in [0.5, 0.6) is 0 Å². The van der Waals surface area contributed by atoms with Crippen molar-refractivity contribution in [1.29, 1.82) is 0 Å². The molecule has 2 aromatic carbocycles. The van der Waals surface area contributed by atoms with Crippen molar-refractivity contribution < 1.29 is 24.3 Å². The van der Waals surface area contributed by atoms with E-state index in [9.17, 15) is 14.4 Å². The molecular formula is C25H29N3O5. The summed E-state index contributed by atoms with van der Waals surface area (Å²) in [7, 11) is 1.56. The van der Waals surface area contributed by atoms with Gasteiger partial charge in [-0.25, -0.2) is 5.48 Å². The molecule has 0 spiro atoms. The van der Waals surface area contributed by atoms with Crippen LogP contribution in [-0.4, -0.2) is 49.2 Å². The summed E-state index contributed by atoms with van der Waals surface area (Å²) in [6.45, 7) is 0.743. The fourth-order valence-electron chi connectivity index (χ4n) is 3.03. The summed E-state index contributed by atoms with van der Waals surface area (Å²) in [6.07, 6.45) is 1.47. The number of methoxy groups -OCH3 is 1. The SMILES string of the molecule is COCC#Cc1ccc(C(=O)N[C@H](CCC(=O)NO)C(=O)NCCCc2ccccc2)cc1. The van der Waals surface area contributed by atoms with Gasteiger partial charge in [-0.2, -0.15) is 0 Å². The number of carbonyl (C=O) groups is 3. The second kappa shape index (κ2) is 14.4. The number of rotatable bonds is 11. The number of carbonyl (C=O) groups excluding carboxylic acids is 3. The Balaban J connectivity index is 1.94. The van der Waals surface area contributed by atoms with Crippen LogP contribution in [0.15, 0.2) is 54.6 Å². The Morgan fingerprint density at radius 1 is 1.06 bits per heavy atom. The number of hydrogen-bond acceptors (Lipinski definition) is 5. The highest BCUT2D eigenvalue weighted by Gasteiger charge is 2.22. The van der Waals surface area contributed by atoms with E-state index in [4.69, 9.17) is 9.94 Å². The zero-order valence-corrected chi connectivity index (χ0v) is 18.6. The van der Waals surface area contributed by atoms with Crippen molar-refractivity contribution in [3.05, 3.63) is 71.3 Å². The monoisotopic (exact) mass is 451 g/mol. The van der Waals surface area contributed by atoms with Crippen LogP contribution in [0, 0.1) is 11.8 Å². The summed E-state index contributed by atoms with van der Waals surface area (Å²) < 4.78 is 4.88. The minimum atomic E-state index is -0.923. The van der Waals surface area contributed by atoms with E-state index in [2.05, 4.69) is 22.5 Å². The maximum Gasteiger partial charge on any atom is 0.251 e. The summed E-state index contributed by atoms with van der Waals surface area (Å²) in [6, 6.07) is 15.6. The van der Waals surface area contributed by atoms with Gasteiger partial charge < -0.3 is 15.4 Å². The average Bonchev–Trinajstić information content (AvgIpc) is 2.85. The molecule has 2 aromatic rings. The third-order valence-corrected chi connectivity index (χ3v) is 4.79. The first-order valence-corrected chi connectivity index (χ1v) is 10.7. The van der Waals surface area contributed by atoms with Gasteiger partial charge in [0.15, 0.2) is 0 Å². The lowest BCUT2D eigenvalue weighted by molar-refractivity contribution is -0.129. The quantitative estimate of drug-likeness (QED) is 0.180. The smallest absolute Gasteiger partial charge is 0.251 e. The molecule has 2 rings (SSSR count). The Labute approximate surface area is 193 Å². The number of nitrogens with one attached hydrogen (secondary N) is 3. The molecule has 4 N–H and O–H groups in total. The van der Waals surface area contributed by atoms with E-state index in [1.165, 1.54) is 11.0 Å². The van der Waals surface area contributed by atoms with E-state index in [0.29, 0.717) is 18.7 Å². The van der Waals surface area contributed by atoms with Gasteiger partial charge in [-0.3, -0.25) is 19.6 Å². The summed E-state index contributed by atoms with van der Waals surface area (Å²) in [5, 5.41) is 14.2. The van der Waals surface area contributed by atoms with Crippen molar-refractivity contribution in [1.82, 2.24) is 16.1 Å². The van der Waals surface area contributed by atoms with Crippen LogP contribution in [0.4, 0.5) is 0 Å². The fourth-order valence-corrected chi connectivity index (χ4v) is 3.03. The number of aryl methyl sites for hydroxylation is 1. The number of amides is 3. The molecule has 0 fully saturated rings. The molecule has 0 aromatic heterocycles.